The molecule has 2 amide bonds. The highest BCUT2D eigenvalue weighted by molar-refractivity contribution is 5.75. The number of carboxylic acid groups (broad SMARTS) is 1. The summed E-state index contributed by atoms with van der Waals surface area (Å²) in [4.78, 5) is 23.9. The van der Waals surface area contributed by atoms with Crippen LogP contribution in [0, 0.1) is 17.6 Å². The van der Waals surface area contributed by atoms with E-state index in [-0.39, 0.29) is 19.0 Å². The molecule has 0 radical (unpaired) electrons. The number of carbonyl (C=O) groups is 2. The number of hydrogen-bond acceptors (Lipinski definition) is 2. The van der Waals surface area contributed by atoms with Crippen LogP contribution in [-0.2, 0) is 11.2 Å². The Hall–Kier alpha value is -2.18. The van der Waals surface area contributed by atoms with Crippen LogP contribution in [0.15, 0.2) is 18.2 Å². The quantitative estimate of drug-likeness (QED) is 0.873. The minimum atomic E-state index is -0.949. The molecule has 1 heterocycles. The van der Waals surface area contributed by atoms with Crippen LogP contribution < -0.4 is 5.32 Å². The summed E-state index contributed by atoms with van der Waals surface area (Å²) in [6, 6.07) is 3.69. The van der Waals surface area contributed by atoms with Crippen molar-refractivity contribution < 1.29 is 23.5 Å². The Bertz CT molecular complexity index is 572. The number of carbonyl (C=O) groups excluding carboxylic acids is 1. The first kappa shape index (κ1) is 17.2. The third-order valence-electron chi connectivity index (χ3n) is 4.03. The molecule has 5 nitrogen and oxygen atoms in total. The standard InChI is InChI=1S/C16H20F2N2O3/c17-13-2-1-12(10-14(13)18)9-11-4-7-20(8-5-11)16(23)19-6-3-15(21)22/h1-2,10-11H,3-9H2,(H,19,23)(H,21,22). The van der Waals surface area contributed by atoms with Gasteiger partial charge in [-0.15, -0.1) is 0 Å². The van der Waals surface area contributed by atoms with E-state index in [1.165, 1.54) is 6.07 Å². The van der Waals surface area contributed by atoms with Gasteiger partial charge in [-0.05, 0) is 42.9 Å². The molecule has 0 aromatic heterocycles. The van der Waals surface area contributed by atoms with Gasteiger partial charge in [0.2, 0.25) is 0 Å². The Morgan fingerprint density at radius 1 is 1.22 bits per heavy atom. The van der Waals surface area contributed by atoms with Crippen LogP contribution in [0.3, 0.4) is 0 Å². The van der Waals surface area contributed by atoms with Crippen molar-refractivity contribution in [2.75, 3.05) is 19.6 Å². The lowest BCUT2D eigenvalue weighted by molar-refractivity contribution is -0.136. The average molecular weight is 326 g/mol. The third kappa shape index (κ3) is 5.19. The zero-order chi connectivity index (χ0) is 16.8. The molecule has 0 saturated carbocycles. The first-order chi connectivity index (χ1) is 11.0. The van der Waals surface area contributed by atoms with Gasteiger partial charge in [-0.25, -0.2) is 13.6 Å². The van der Waals surface area contributed by atoms with Crippen LogP contribution in [-0.4, -0.2) is 41.6 Å². The van der Waals surface area contributed by atoms with Gasteiger partial charge in [0.1, 0.15) is 0 Å². The van der Waals surface area contributed by atoms with Crippen molar-refractivity contribution in [2.24, 2.45) is 5.92 Å². The smallest absolute Gasteiger partial charge is 0.317 e. The van der Waals surface area contributed by atoms with Crippen LogP contribution in [0.4, 0.5) is 13.6 Å². The normalized spacial score (nSPS) is 15.5. The number of amides is 2. The van der Waals surface area contributed by atoms with Gasteiger partial charge in [0.05, 0.1) is 6.42 Å². The summed E-state index contributed by atoms with van der Waals surface area (Å²) >= 11 is 0. The van der Waals surface area contributed by atoms with Crippen LogP contribution in [0.2, 0.25) is 0 Å². The molecule has 0 aliphatic carbocycles. The SMILES string of the molecule is O=C(O)CCNC(=O)N1CCC(Cc2ccc(F)c(F)c2)CC1. The van der Waals surface area contributed by atoms with Crippen molar-refractivity contribution in [2.45, 2.75) is 25.7 Å². The van der Waals surface area contributed by atoms with Gasteiger partial charge in [0, 0.05) is 19.6 Å². The number of nitrogens with one attached hydrogen (secondary N) is 1. The first-order valence-electron chi connectivity index (χ1n) is 7.64. The number of carboxylic acids is 1. The lowest BCUT2D eigenvalue weighted by atomic mass is 9.90. The fraction of sp³-hybridized carbons (Fsp3) is 0.500. The fourth-order valence-electron chi connectivity index (χ4n) is 2.73. The number of benzene rings is 1. The van der Waals surface area contributed by atoms with E-state index in [2.05, 4.69) is 5.32 Å². The summed E-state index contributed by atoms with van der Waals surface area (Å²) in [6.45, 7) is 1.27. The molecule has 23 heavy (non-hydrogen) atoms. The molecule has 0 bridgehead atoms. The van der Waals surface area contributed by atoms with Gasteiger partial charge in [0.25, 0.3) is 0 Å². The van der Waals surface area contributed by atoms with E-state index in [4.69, 9.17) is 5.11 Å². The first-order valence-corrected chi connectivity index (χ1v) is 7.64. The van der Waals surface area contributed by atoms with Crippen molar-refractivity contribution in [3.8, 4) is 0 Å². The van der Waals surface area contributed by atoms with Gasteiger partial charge < -0.3 is 15.3 Å². The molecule has 1 saturated heterocycles. The molecule has 7 heteroatoms. The van der Waals surface area contributed by atoms with Gasteiger partial charge >= 0.3 is 12.0 Å². The molecule has 1 fully saturated rings. The lowest BCUT2D eigenvalue weighted by Gasteiger charge is -2.32. The molecular formula is C16H20F2N2O3. The maximum atomic E-state index is 13.2. The van der Waals surface area contributed by atoms with Crippen molar-refractivity contribution >= 4 is 12.0 Å². The molecule has 2 N–H and O–H groups in total. The van der Waals surface area contributed by atoms with Gasteiger partial charge in [0.15, 0.2) is 11.6 Å². The summed E-state index contributed by atoms with van der Waals surface area (Å²) in [5, 5.41) is 11.1. The van der Waals surface area contributed by atoms with Crippen LogP contribution in [0.5, 0.6) is 0 Å². The number of nitrogens with zero attached hydrogens (tertiary/aromatic N) is 1. The van der Waals surface area contributed by atoms with E-state index in [0.29, 0.717) is 25.4 Å². The van der Waals surface area contributed by atoms with Gasteiger partial charge in [-0.3, -0.25) is 4.79 Å². The number of urea groups is 1. The highest BCUT2D eigenvalue weighted by Gasteiger charge is 2.23. The summed E-state index contributed by atoms with van der Waals surface area (Å²) < 4.78 is 26.1. The van der Waals surface area contributed by atoms with Crippen LogP contribution >= 0.6 is 0 Å². The third-order valence-corrected chi connectivity index (χ3v) is 4.03. The highest BCUT2D eigenvalue weighted by atomic mass is 19.2. The zero-order valence-corrected chi connectivity index (χ0v) is 12.7. The number of likely N-dealkylation sites (tertiary alicyclic amines) is 1. The molecule has 2 rings (SSSR count). The van der Waals surface area contributed by atoms with E-state index < -0.39 is 17.6 Å². The number of piperidine rings is 1. The number of hydrogen-bond donors (Lipinski definition) is 2. The Labute approximate surface area is 133 Å². The van der Waals surface area contributed by atoms with Crippen molar-refractivity contribution in [3.05, 3.63) is 35.4 Å². The van der Waals surface area contributed by atoms with Crippen LogP contribution in [0.25, 0.3) is 0 Å². The maximum Gasteiger partial charge on any atom is 0.317 e. The highest BCUT2D eigenvalue weighted by Crippen LogP contribution is 2.22. The number of aliphatic carboxylic acids is 1. The Kier molecular flexibility index (Phi) is 5.90. The molecular weight excluding hydrogens is 306 g/mol. The van der Waals surface area contributed by atoms with Crippen LogP contribution in [0.1, 0.15) is 24.8 Å². The van der Waals surface area contributed by atoms with E-state index in [9.17, 15) is 18.4 Å². The molecule has 1 aliphatic rings. The summed E-state index contributed by atoms with van der Waals surface area (Å²) in [7, 11) is 0. The largest absolute Gasteiger partial charge is 0.481 e. The predicted molar refractivity (Wildman–Crippen MR) is 80.0 cm³/mol. The average Bonchev–Trinajstić information content (AvgIpc) is 2.51. The van der Waals surface area contributed by atoms with Gasteiger partial charge in [-0.2, -0.15) is 0 Å². The maximum absolute atomic E-state index is 13.2. The van der Waals surface area contributed by atoms with Crippen molar-refractivity contribution in [1.29, 1.82) is 0 Å². The van der Waals surface area contributed by atoms with Gasteiger partial charge in [-0.1, -0.05) is 6.07 Å². The summed E-state index contributed by atoms with van der Waals surface area (Å²) in [5.74, 6) is -2.31. The number of rotatable bonds is 5. The topological polar surface area (TPSA) is 69.6 Å². The van der Waals surface area contributed by atoms with Crippen molar-refractivity contribution in [1.82, 2.24) is 10.2 Å². The second kappa shape index (κ2) is 7.89. The predicted octanol–water partition coefficient (Wildman–Crippen LogP) is 2.40. The van der Waals surface area contributed by atoms with E-state index in [0.717, 1.165) is 24.5 Å². The molecule has 1 aliphatic heterocycles. The second-order valence-electron chi connectivity index (χ2n) is 5.76. The molecule has 0 spiro atoms. The van der Waals surface area contributed by atoms with E-state index >= 15 is 0 Å². The molecule has 0 atom stereocenters. The lowest BCUT2D eigenvalue weighted by Crippen LogP contribution is -2.45. The fourth-order valence-corrected chi connectivity index (χ4v) is 2.73. The molecule has 1 aromatic rings. The minimum absolute atomic E-state index is 0.0989. The number of halogens is 2. The summed E-state index contributed by atoms with van der Waals surface area (Å²) in [6.07, 6.45) is 2.13. The van der Waals surface area contributed by atoms with E-state index in [1.807, 2.05) is 0 Å². The molecule has 1 aromatic carbocycles. The zero-order valence-electron chi connectivity index (χ0n) is 12.7. The Morgan fingerprint density at radius 2 is 1.91 bits per heavy atom. The second-order valence-corrected chi connectivity index (χ2v) is 5.76. The van der Waals surface area contributed by atoms with E-state index in [1.54, 1.807) is 11.0 Å². The Morgan fingerprint density at radius 3 is 2.52 bits per heavy atom. The Balaban J connectivity index is 1.76. The minimum Gasteiger partial charge on any atom is -0.481 e. The molecule has 126 valence electrons. The van der Waals surface area contributed by atoms with Crippen molar-refractivity contribution in [3.63, 3.8) is 0 Å². The summed E-state index contributed by atoms with van der Waals surface area (Å²) in [5.41, 5.74) is 0.758. The molecule has 0 unspecified atom stereocenters. The monoisotopic (exact) mass is 326 g/mol.